The minimum absolute atomic E-state index is 0.373. The highest BCUT2D eigenvalue weighted by Gasteiger charge is 2.45. The molecule has 98 valence electrons. The molecular weight excluding hydrogens is 232 g/mol. The van der Waals surface area contributed by atoms with Crippen LogP contribution in [0.5, 0.6) is 0 Å². The van der Waals surface area contributed by atoms with Crippen molar-refractivity contribution in [2.45, 2.75) is 78.4 Å². The zero-order valence-corrected chi connectivity index (χ0v) is 14.1. The molecule has 0 aliphatic heterocycles. The highest BCUT2D eigenvalue weighted by atomic mass is 35.6. The molecule has 0 rings (SSSR count). The first-order valence-corrected chi connectivity index (χ1v) is 10.3. The lowest BCUT2D eigenvalue weighted by Crippen LogP contribution is -2.42. The van der Waals surface area contributed by atoms with Gasteiger partial charge in [0, 0.05) is 0 Å². The summed E-state index contributed by atoms with van der Waals surface area (Å²) in [5.41, 5.74) is 0. The molecule has 0 amide bonds. The van der Waals surface area contributed by atoms with Crippen molar-refractivity contribution in [2.75, 3.05) is 0 Å². The Hall–Kier alpha value is 0.507. The van der Waals surface area contributed by atoms with E-state index in [1.807, 2.05) is 0 Å². The Bertz CT molecular complexity index is 187. The molecule has 0 N–H and O–H groups in total. The van der Waals surface area contributed by atoms with Crippen LogP contribution in [-0.4, -0.2) is 7.38 Å². The third-order valence-corrected chi connectivity index (χ3v) is 11.6. The van der Waals surface area contributed by atoms with Gasteiger partial charge in [0.05, 0.1) is 0 Å². The van der Waals surface area contributed by atoms with Gasteiger partial charge in [-0.1, -0.05) is 54.9 Å². The van der Waals surface area contributed by atoms with E-state index in [4.69, 9.17) is 11.1 Å². The van der Waals surface area contributed by atoms with Crippen molar-refractivity contribution < 1.29 is 0 Å². The molecule has 0 bridgehead atoms. The zero-order chi connectivity index (χ0) is 13.0. The summed E-state index contributed by atoms with van der Waals surface area (Å²) in [5.74, 6) is 1.47. The standard InChI is InChI=1S/C14H31ClSi/c1-8-9-14(6,7)16(15,10-12(2)3)11-13(4)5/h12-13H,8-11H2,1-7H3. The highest BCUT2D eigenvalue weighted by molar-refractivity contribution is 7.22. The van der Waals surface area contributed by atoms with Crippen LogP contribution < -0.4 is 0 Å². The van der Waals surface area contributed by atoms with Gasteiger partial charge in [-0.15, -0.1) is 0 Å². The summed E-state index contributed by atoms with van der Waals surface area (Å²) >= 11 is 7.14. The predicted molar refractivity (Wildman–Crippen MR) is 79.8 cm³/mol. The van der Waals surface area contributed by atoms with Crippen molar-refractivity contribution in [1.82, 2.24) is 0 Å². The lowest BCUT2D eigenvalue weighted by atomic mass is 10.1. The van der Waals surface area contributed by atoms with E-state index in [0.29, 0.717) is 5.04 Å². The largest absolute Gasteiger partial charge is 0.166 e. The summed E-state index contributed by atoms with van der Waals surface area (Å²) in [4.78, 5) is 0. The fourth-order valence-corrected chi connectivity index (χ4v) is 9.47. The fourth-order valence-electron chi connectivity index (χ4n) is 2.78. The summed E-state index contributed by atoms with van der Waals surface area (Å²) < 4.78 is 0. The molecule has 0 fully saturated rings. The van der Waals surface area contributed by atoms with Crippen molar-refractivity contribution in [3.8, 4) is 0 Å². The second-order valence-corrected chi connectivity index (χ2v) is 13.1. The lowest BCUT2D eigenvalue weighted by molar-refractivity contribution is 0.548. The molecule has 0 atom stereocenters. The van der Waals surface area contributed by atoms with Crippen LogP contribution in [0.1, 0.15) is 61.3 Å². The maximum Gasteiger partial charge on any atom is 0.162 e. The average molecular weight is 263 g/mol. The van der Waals surface area contributed by atoms with Crippen LogP contribution in [0, 0.1) is 11.8 Å². The molecule has 0 heterocycles. The molecule has 0 radical (unpaired) electrons. The Kier molecular flexibility index (Phi) is 6.65. The Labute approximate surface area is 109 Å². The van der Waals surface area contributed by atoms with Gasteiger partial charge in [-0.05, 0) is 35.4 Å². The van der Waals surface area contributed by atoms with Gasteiger partial charge in [0.25, 0.3) is 0 Å². The van der Waals surface area contributed by atoms with Crippen molar-refractivity contribution >= 4 is 18.5 Å². The summed E-state index contributed by atoms with van der Waals surface area (Å²) in [6.45, 7) is 16.3. The molecule has 0 aromatic heterocycles. The monoisotopic (exact) mass is 262 g/mol. The molecule has 0 unspecified atom stereocenters. The van der Waals surface area contributed by atoms with Crippen LogP contribution in [0.3, 0.4) is 0 Å². The molecule has 0 aliphatic rings. The average Bonchev–Trinajstić information content (AvgIpc) is 1.99. The number of hydrogen-bond acceptors (Lipinski definition) is 0. The first-order chi connectivity index (χ1) is 7.14. The summed E-state index contributed by atoms with van der Waals surface area (Å²) in [6, 6.07) is 2.53. The molecule has 0 spiro atoms. The van der Waals surface area contributed by atoms with Gasteiger partial charge in [-0.25, -0.2) is 0 Å². The van der Waals surface area contributed by atoms with Crippen LogP contribution in [0.2, 0.25) is 17.1 Å². The second kappa shape index (κ2) is 6.44. The topological polar surface area (TPSA) is 0 Å². The van der Waals surface area contributed by atoms with E-state index >= 15 is 0 Å². The predicted octanol–water partition coefficient (Wildman–Crippen LogP) is 6.06. The van der Waals surface area contributed by atoms with Crippen LogP contribution in [0.15, 0.2) is 0 Å². The number of hydrogen-bond donors (Lipinski definition) is 0. The minimum Gasteiger partial charge on any atom is -0.166 e. The SMILES string of the molecule is CCCC(C)(C)[Si](Cl)(CC(C)C)CC(C)C. The van der Waals surface area contributed by atoms with E-state index in [9.17, 15) is 0 Å². The van der Waals surface area contributed by atoms with Crippen molar-refractivity contribution in [3.63, 3.8) is 0 Å². The van der Waals surface area contributed by atoms with E-state index in [-0.39, 0.29) is 0 Å². The minimum atomic E-state index is -1.65. The second-order valence-electron chi connectivity index (χ2n) is 6.80. The van der Waals surface area contributed by atoms with Crippen LogP contribution in [0.4, 0.5) is 0 Å². The van der Waals surface area contributed by atoms with E-state index in [1.165, 1.54) is 24.9 Å². The van der Waals surface area contributed by atoms with Gasteiger partial charge in [0.1, 0.15) is 0 Å². The smallest absolute Gasteiger partial charge is 0.162 e. The van der Waals surface area contributed by atoms with Gasteiger partial charge in [0.15, 0.2) is 7.38 Å². The summed E-state index contributed by atoms with van der Waals surface area (Å²) in [6.07, 6.45) is 2.53. The number of rotatable bonds is 7. The normalized spacial score (nSPS) is 13.9. The molecular formula is C14H31ClSi. The van der Waals surface area contributed by atoms with Crippen LogP contribution in [0.25, 0.3) is 0 Å². The quantitative estimate of drug-likeness (QED) is 0.386. The third-order valence-electron chi connectivity index (χ3n) is 3.55. The maximum absolute atomic E-state index is 7.14. The lowest BCUT2D eigenvalue weighted by Gasteiger charge is -2.42. The Balaban J connectivity index is 4.89. The van der Waals surface area contributed by atoms with E-state index in [1.54, 1.807) is 0 Å². The van der Waals surface area contributed by atoms with Crippen molar-refractivity contribution in [3.05, 3.63) is 0 Å². The zero-order valence-electron chi connectivity index (χ0n) is 12.4. The first-order valence-electron chi connectivity index (χ1n) is 6.83. The van der Waals surface area contributed by atoms with Gasteiger partial charge in [0.2, 0.25) is 0 Å². The van der Waals surface area contributed by atoms with Gasteiger partial charge >= 0.3 is 0 Å². The third kappa shape index (κ3) is 4.79. The molecule has 0 aromatic rings. The molecule has 0 aromatic carbocycles. The first kappa shape index (κ1) is 16.5. The maximum atomic E-state index is 7.14. The van der Waals surface area contributed by atoms with E-state index < -0.39 is 7.38 Å². The molecule has 16 heavy (non-hydrogen) atoms. The van der Waals surface area contributed by atoms with Gasteiger partial charge < -0.3 is 0 Å². The number of halogens is 1. The Morgan fingerprint density at radius 1 is 1.00 bits per heavy atom. The highest BCUT2D eigenvalue weighted by Crippen LogP contribution is 2.50. The van der Waals surface area contributed by atoms with E-state index in [0.717, 1.165) is 11.8 Å². The summed E-state index contributed by atoms with van der Waals surface area (Å²) in [5, 5.41) is 0.373. The van der Waals surface area contributed by atoms with E-state index in [2.05, 4.69) is 48.5 Å². The van der Waals surface area contributed by atoms with Crippen molar-refractivity contribution in [2.24, 2.45) is 11.8 Å². The van der Waals surface area contributed by atoms with Crippen molar-refractivity contribution in [1.29, 1.82) is 0 Å². The molecule has 0 saturated heterocycles. The molecule has 0 nitrogen and oxygen atoms in total. The Morgan fingerprint density at radius 2 is 1.38 bits per heavy atom. The molecule has 0 aliphatic carbocycles. The van der Waals surface area contributed by atoms with Gasteiger partial charge in [-0.2, -0.15) is 11.1 Å². The molecule has 2 heteroatoms. The Morgan fingerprint density at radius 3 is 1.62 bits per heavy atom. The molecule has 0 saturated carbocycles. The van der Waals surface area contributed by atoms with Gasteiger partial charge in [-0.3, -0.25) is 0 Å². The van der Waals surface area contributed by atoms with Crippen LogP contribution in [-0.2, 0) is 0 Å². The summed E-state index contributed by atoms with van der Waals surface area (Å²) in [7, 11) is -1.65. The van der Waals surface area contributed by atoms with Crippen LogP contribution >= 0.6 is 11.1 Å². The fraction of sp³-hybridized carbons (Fsp3) is 1.00.